The molecule has 1 aliphatic rings. The van der Waals surface area contributed by atoms with E-state index in [9.17, 15) is 18.4 Å². The zero-order chi connectivity index (χ0) is 22.0. The van der Waals surface area contributed by atoms with Gasteiger partial charge < -0.3 is 15.2 Å². The molecule has 1 aromatic carbocycles. The number of anilines is 1. The average molecular weight is 464 g/mol. The number of rotatable bonds is 3. The number of aliphatic hydroxyl groups excluding tert-OH is 1. The quantitative estimate of drug-likeness (QED) is 0.191. The fourth-order valence-corrected chi connectivity index (χ4v) is 3.26. The molecule has 160 valence electrons. The number of aromatic hydroxyl groups is 1. The van der Waals surface area contributed by atoms with Gasteiger partial charge in [-0.25, -0.2) is 0 Å². The number of hydrogen-bond donors (Lipinski definition) is 6. The molecule has 1 unspecified atom stereocenters. The number of aliphatic hydroxyl groups is 1. The summed E-state index contributed by atoms with van der Waals surface area (Å²) in [5, 5.41) is 23.4. The minimum absolute atomic E-state index is 0.00951. The van der Waals surface area contributed by atoms with Crippen LogP contribution in [0.5, 0.6) is 5.75 Å². The first kappa shape index (κ1) is 26.2. The maximum Gasteiger partial charge on any atom is 0.293 e. The van der Waals surface area contributed by atoms with E-state index in [1.807, 2.05) is 20.8 Å². The monoisotopic (exact) mass is 464 g/mol. The van der Waals surface area contributed by atoms with E-state index in [4.69, 9.17) is 13.3 Å². The summed E-state index contributed by atoms with van der Waals surface area (Å²) in [5.41, 5.74) is -0.327. The smallest absolute Gasteiger partial charge is 0.293 e. The summed E-state index contributed by atoms with van der Waals surface area (Å²) in [6.45, 7) is 8.93. The van der Waals surface area contributed by atoms with Crippen molar-refractivity contribution in [1.29, 1.82) is 0 Å². The van der Waals surface area contributed by atoms with Crippen LogP contribution in [0.1, 0.15) is 34.1 Å². The van der Waals surface area contributed by atoms with Crippen molar-refractivity contribution in [2.24, 2.45) is 0 Å². The van der Waals surface area contributed by atoms with Crippen molar-refractivity contribution in [2.75, 3.05) is 18.4 Å². The Hall–Kier alpha value is -1.84. The standard InChI is InChI=1S/C8H10AsNO5.C5H10O2.C4H9NO/c1-5(11)10-7-4-2-3-6(8(7)12)9(13,14)15;1-5(2,3)7-4-6;6-4-1-2-5-3-4/h2-4,12H,1H3,(H,10,11)(H2,13,14,15);4H,1-3H3;4-6H,1-3H2. The molecule has 6 N–H and O–H groups in total. The van der Waals surface area contributed by atoms with Gasteiger partial charge in [0.1, 0.15) is 5.60 Å². The van der Waals surface area contributed by atoms with Crippen LogP contribution >= 0.6 is 0 Å². The van der Waals surface area contributed by atoms with Crippen molar-refractivity contribution >= 4 is 36.6 Å². The minimum Gasteiger partial charge on any atom is -0.462 e. The zero-order valence-electron chi connectivity index (χ0n) is 16.4. The summed E-state index contributed by atoms with van der Waals surface area (Å²) >= 11 is -5.15. The summed E-state index contributed by atoms with van der Waals surface area (Å²) in [6, 6.07) is 3.83. The van der Waals surface area contributed by atoms with E-state index in [2.05, 4.69) is 15.4 Å². The van der Waals surface area contributed by atoms with Gasteiger partial charge in [0.15, 0.2) is 0 Å². The van der Waals surface area contributed by atoms with Crippen molar-refractivity contribution in [3.8, 4) is 5.75 Å². The molecule has 0 aliphatic carbocycles. The van der Waals surface area contributed by atoms with Crippen molar-refractivity contribution in [1.82, 2.24) is 5.32 Å². The molecule has 0 spiro atoms. The van der Waals surface area contributed by atoms with Gasteiger partial charge in [0.25, 0.3) is 6.47 Å². The predicted octanol–water partition coefficient (Wildman–Crippen LogP) is -0.790. The number of benzene rings is 1. The normalized spacial score (nSPS) is 16.0. The van der Waals surface area contributed by atoms with Crippen LogP contribution in [0.3, 0.4) is 0 Å². The van der Waals surface area contributed by atoms with E-state index in [0.29, 0.717) is 6.47 Å². The largest absolute Gasteiger partial charge is 0.462 e. The van der Waals surface area contributed by atoms with Crippen LogP contribution in [0.4, 0.5) is 5.69 Å². The zero-order valence-corrected chi connectivity index (χ0v) is 18.3. The molecule has 1 aliphatic heterocycles. The van der Waals surface area contributed by atoms with Gasteiger partial charge in [-0.05, 0) is 33.7 Å². The van der Waals surface area contributed by atoms with Gasteiger partial charge in [0.2, 0.25) is 0 Å². The fraction of sp³-hybridized carbons (Fsp3) is 0.529. The van der Waals surface area contributed by atoms with E-state index in [1.165, 1.54) is 19.1 Å². The summed E-state index contributed by atoms with van der Waals surface area (Å²) in [6.07, 6.45) is 0.866. The number of carbonyl (C=O) groups excluding carboxylic acids is 2. The van der Waals surface area contributed by atoms with Gasteiger partial charge in [0, 0.05) is 6.54 Å². The van der Waals surface area contributed by atoms with Crippen LogP contribution in [-0.4, -0.2) is 69.8 Å². The first-order valence-corrected chi connectivity index (χ1v) is 11.8. The predicted molar refractivity (Wildman–Crippen MR) is 103 cm³/mol. The third-order valence-corrected chi connectivity index (χ3v) is 5.15. The van der Waals surface area contributed by atoms with Crippen molar-refractivity contribution in [3.63, 3.8) is 0 Å². The Labute approximate surface area is 166 Å². The summed E-state index contributed by atoms with van der Waals surface area (Å²) < 4.78 is 32.9. The van der Waals surface area contributed by atoms with Gasteiger partial charge in [-0.15, -0.1) is 0 Å². The molecule has 1 fully saturated rings. The minimum atomic E-state index is -5.15. The van der Waals surface area contributed by atoms with Crippen molar-refractivity contribution in [3.05, 3.63) is 18.2 Å². The second-order valence-corrected chi connectivity index (χ2v) is 10.2. The Morgan fingerprint density at radius 2 is 1.96 bits per heavy atom. The first-order valence-electron chi connectivity index (χ1n) is 8.44. The summed E-state index contributed by atoms with van der Waals surface area (Å²) in [7, 11) is 0. The number of nitrogens with one attached hydrogen (secondary N) is 2. The van der Waals surface area contributed by atoms with E-state index < -0.39 is 30.2 Å². The number of ether oxygens (including phenoxy) is 1. The van der Waals surface area contributed by atoms with Crippen molar-refractivity contribution < 1.29 is 36.5 Å². The molecule has 0 bridgehead atoms. The van der Waals surface area contributed by atoms with Crippen LogP contribution in [0, 0.1) is 0 Å². The second-order valence-electron chi connectivity index (χ2n) is 6.87. The van der Waals surface area contributed by atoms with Crippen LogP contribution in [0.15, 0.2) is 18.2 Å². The molecular weight excluding hydrogens is 435 g/mol. The molecule has 2 rings (SSSR count). The van der Waals surface area contributed by atoms with Gasteiger partial charge >= 0.3 is 88.1 Å². The number of phenols is 1. The first-order chi connectivity index (χ1) is 12.8. The Morgan fingerprint density at radius 3 is 2.25 bits per heavy atom. The number of amides is 1. The SMILES string of the molecule is CC(=O)Nc1cccc([As](=O)(O)O)c1O.CC(C)(C)OC=O.OC1CCNC1. The molecule has 1 aromatic rings. The molecule has 1 saturated heterocycles. The average Bonchev–Trinajstić information content (AvgIpc) is 2.99. The van der Waals surface area contributed by atoms with Gasteiger partial charge in [-0.1, -0.05) is 0 Å². The number of hydrogen-bond acceptors (Lipinski definition) is 7. The van der Waals surface area contributed by atoms with Crippen LogP contribution in [0.2, 0.25) is 0 Å². The third-order valence-electron chi connectivity index (χ3n) is 3.08. The summed E-state index contributed by atoms with van der Waals surface area (Å²) in [4.78, 5) is 20.3. The maximum atomic E-state index is 11.0. The number of phenolic OH excluding ortho intramolecular Hbond substituents is 1. The van der Waals surface area contributed by atoms with Gasteiger partial charge in [0.05, 0.1) is 6.10 Å². The molecule has 28 heavy (non-hydrogen) atoms. The molecule has 1 atom stereocenters. The van der Waals surface area contributed by atoms with E-state index in [-0.39, 0.29) is 17.4 Å². The molecular formula is C17H29AsN2O8. The van der Waals surface area contributed by atoms with Crippen molar-refractivity contribution in [2.45, 2.75) is 45.8 Å². The summed E-state index contributed by atoms with van der Waals surface area (Å²) in [5.74, 6) is -1.01. The molecule has 0 aromatic heterocycles. The topological polar surface area (TPSA) is 165 Å². The third kappa shape index (κ3) is 11.8. The molecule has 10 nitrogen and oxygen atoms in total. The fourth-order valence-electron chi connectivity index (χ4n) is 1.84. The Balaban J connectivity index is 0.000000462. The Kier molecular flexibility index (Phi) is 11.1. The number of para-hydroxylation sites is 1. The Bertz CT molecular complexity index is 678. The second kappa shape index (κ2) is 11.9. The van der Waals surface area contributed by atoms with Crippen LogP contribution in [-0.2, 0) is 18.1 Å². The van der Waals surface area contributed by atoms with Crippen LogP contribution in [0.25, 0.3) is 0 Å². The Morgan fingerprint density at radius 1 is 1.36 bits per heavy atom. The van der Waals surface area contributed by atoms with E-state index in [1.54, 1.807) is 0 Å². The van der Waals surface area contributed by atoms with Crippen LogP contribution < -0.4 is 15.0 Å². The van der Waals surface area contributed by atoms with E-state index in [0.717, 1.165) is 25.6 Å². The molecule has 11 heteroatoms. The van der Waals surface area contributed by atoms with E-state index >= 15 is 0 Å². The molecule has 0 radical (unpaired) electrons. The molecule has 1 amide bonds. The number of carbonyl (C=O) groups is 2. The van der Waals surface area contributed by atoms with Gasteiger partial charge in [-0.3, -0.25) is 4.79 Å². The maximum absolute atomic E-state index is 11.0. The number of β-amino-alcohol motifs (C(OH)–C–C–N with tert-alkyl or cyclic N) is 1. The molecule has 1 heterocycles. The van der Waals surface area contributed by atoms with Gasteiger partial charge in [-0.2, -0.15) is 0 Å². The molecule has 0 saturated carbocycles.